The second kappa shape index (κ2) is 4.14. The van der Waals surface area contributed by atoms with Crippen molar-refractivity contribution in [2.45, 2.75) is 19.5 Å². The summed E-state index contributed by atoms with van der Waals surface area (Å²) in [6, 6.07) is 12.9. The van der Waals surface area contributed by atoms with Gasteiger partial charge in [-0.3, -0.25) is 0 Å². The van der Waals surface area contributed by atoms with Crippen molar-refractivity contribution < 1.29 is 0 Å². The molecule has 1 aliphatic rings. The predicted molar refractivity (Wildman–Crippen MR) is 65.4 cm³/mol. The van der Waals surface area contributed by atoms with Crippen LogP contribution in [0.25, 0.3) is 0 Å². The highest BCUT2D eigenvalue weighted by atomic mass is 15.1. The number of nitrogens with one attached hydrogen (secondary N) is 1. The molecule has 0 bridgehead atoms. The molecule has 16 heavy (non-hydrogen) atoms. The van der Waals surface area contributed by atoms with Crippen molar-refractivity contribution in [3.8, 4) is 0 Å². The third-order valence-electron chi connectivity index (χ3n) is 3.23. The van der Waals surface area contributed by atoms with Crippen molar-refractivity contribution in [1.82, 2.24) is 9.88 Å². The molecule has 0 radical (unpaired) electrons. The summed E-state index contributed by atoms with van der Waals surface area (Å²) < 4.78 is 2.37. The average Bonchev–Trinajstić information content (AvgIpc) is 2.74. The zero-order valence-electron chi connectivity index (χ0n) is 9.32. The van der Waals surface area contributed by atoms with Gasteiger partial charge >= 0.3 is 0 Å². The van der Waals surface area contributed by atoms with Gasteiger partial charge in [0.15, 0.2) is 0 Å². The Hall–Kier alpha value is -1.54. The van der Waals surface area contributed by atoms with Gasteiger partial charge in [-0.25, -0.2) is 0 Å². The highest BCUT2D eigenvalue weighted by Crippen LogP contribution is 2.17. The topological polar surface area (TPSA) is 17.0 Å². The van der Waals surface area contributed by atoms with Gasteiger partial charge in [-0.2, -0.15) is 0 Å². The molecular weight excluding hydrogens is 196 g/mol. The zero-order valence-corrected chi connectivity index (χ0v) is 9.32. The van der Waals surface area contributed by atoms with Gasteiger partial charge in [0.25, 0.3) is 0 Å². The van der Waals surface area contributed by atoms with E-state index in [9.17, 15) is 0 Å². The average molecular weight is 212 g/mol. The minimum Gasteiger partial charge on any atom is -0.349 e. The van der Waals surface area contributed by atoms with Crippen LogP contribution in [0.3, 0.4) is 0 Å². The lowest BCUT2D eigenvalue weighted by Gasteiger charge is -2.18. The van der Waals surface area contributed by atoms with E-state index in [0.29, 0.717) is 0 Å². The molecular formula is C14H16N2. The van der Waals surface area contributed by atoms with Gasteiger partial charge in [-0.1, -0.05) is 30.3 Å². The van der Waals surface area contributed by atoms with E-state index in [2.05, 4.69) is 52.5 Å². The van der Waals surface area contributed by atoms with E-state index in [1.54, 1.807) is 0 Å². The lowest BCUT2D eigenvalue weighted by Crippen LogP contribution is -2.28. The number of hydrogen-bond donors (Lipinski definition) is 1. The minimum absolute atomic E-state index is 1.01. The van der Waals surface area contributed by atoms with E-state index in [4.69, 9.17) is 0 Å². The van der Waals surface area contributed by atoms with Gasteiger partial charge < -0.3 is 9.88 Å². The monoisotopic (exact) mass is 212 g/mol. The van der Waals surface area contributed by atoms with Crippen LogP contribution < -0.4 is 5.32 Å². The van der Waals surface area contributed by atoms with E-state index < -0.39 is 0 Å². The van der Waals surface area contributed by atoms with E-state index in [1.807, 2.05) is 0 Å². The second-order valence-electron chi connectivity index (χ2n) is 4.32. The maximum Gasteiger partial charge on any atom is 0.0362 e. The van der Waals surface area contributed by atoms with Gasteiger partial charge in [0.1, 0.15) is 0 Å². The van der Waals surface area contributed by atoms with Crippen LogP contribution in [0, 0.1) is 0 Å². The molecule has 0 saturated carbocycles. The Kier molecular flexibility index (Phi) is 2.50. The number of fused-ring (bicyclic) bond motifs is 1. The summed E-state index contributed by atoms with van der Waals surface area (Å²) in [7, 11) is 0. The number of benzene rings is 1. The van der Waals surface area contributed by atoms with Crippen LogP contribution in [-0.2, 0) is 19.5 Å². The minimum atomic E-state index is 1.01. The SMILES string of the molecule is c1ccc(Cc2ccn3c2CNCC3)cc1. The largest absolute Gasteiger partial charge is 0.349 e. The molecule has 0 atom stereocenters. The molecule has 0 saturated heterocycles. The molecule has 2 nitrogen and oxygen atoms in total. The fourth-order valence-electron chi connectivity index (χ4n) is 2.36. The molecule has 2 aromatic rings. The maximum atomic E-state index is 3.43. The van der Waals surface area contributed by atoms with E-state index in [-0.39, 0.29) is 0 Å². The number of aromatic nitrogens is 1. The zero-order chi connectivity index (χ0) is 10.8. The Morgan fingerprint density at radius 2 is 2.00 bits per heavy atom. The molecule has 3 rings (SSSR count). The summed E-state index contributed by atoms with van der Waals surface area (Å²) in [5.74, 6) is 0. The summed E-state index contributed by atoms with van der Waals surface area (Å²) in [4.78, 5) is 0. The van der Waals surface area contributed by atoms with Gasteiger partial charge in [-0.05, 0) is 23.6 Å². The van der Waals surface area contributed by atoms with Crippen molar-refractivity contribution in [1.29, 1.82) is 0 Å². The Labute approximate surface area is 95.9 Å². The highest BCUT2D eigenvalue weighted by Gasteiger charge is 2.12. The summed E-state index contributed by atoms with van der Waals surface area (Å²) in [6.45, 7) is 3.20. The summed E-state index contributed by atoms with van der Waals surface area (Å²) >= 11 is 0. The normalized spacial score (nSPS) is 14.8. The number of hydrogen-bond acceptors (Lipinski definition) is 1. The van der Waals surface area contributed by atoms with E-state index in [1.165, 1.54) is 16.8 Å². The molecule has 82 valence electrons. The fraction of sp³-hybridized carbons (Fsp3) is 0.286. The van der Waals surface area contributed by atoms with Crippen LogP contribution in [-0.4, -0.2) is 11.1 Å². The van der Waals surface area contributed by atoms with Gasteiger partial charge in [0, 0.05) is 31.5 Å². The molecule has 0 unspecified atom stereocenters. The molecule has 1 N–H and O–H groups in total. The molecule has 0 fully saturated rings. The fourth-order valence-corrected chi connectivity index (χ4v) is 2.36. The molecule has 1 aromatic heterocycles. The van der Waals surface area contributed by atoms with Crippen molar-refractivity contribution >= 4 is 0 Å². The maximum absolute atomic E-state index is 3.43. The Morgan fingerprint density at radius 1 is 1.12 bits per heavy atom. The van der Waals surface area contributed by atoms with Crippen LogP contribution in [0.5, 0.6) is 0 Å². The van der Waals surface area contributed by atoms with Crippen molar-refractivity contribution in [2.75, 3.05) is 6.54 Å². The first-order valence-electron chi connectivity index (χ1n) is 5.85. The third kappa shape index (κ3) is 1.76. The summed E-state index contributed by atoms with van der Waals surface area (Å²) in [5.41, 5.74) is 4.30. The van der Waals surface area contributed by atoms with Crippen molar-refractivity contribution in [2.24, 2.45) is 0 Å². The Balaban J connectivity index is 1.88. The molecule has 0 aliphatic carbocycles. The molecule has 1 aromatic carbocycles. The first kappa shape index (κ1) is 9.67. The smallest absolute Gasteiger partial charge is 0.0362 e. The molecule has 0 amide bonds. The van der Waals surface area contributed by atoms with Crippen molar-refractivity contribution in [3.63, 3.8) is 0 Å². The molecule has 2 heterocycles. The lowest BCUT2D eigenvalue weighted by atomic mass is 10.1. The first-order valence-corrected chi connectivity index (χ1v) is 5.85. The standard InChI is InChI=1S/C14H16N2/c1-2-4-12(5-3-1)10-13-6-8-16-9-7-15-11-14(13)16/h1-6,8,15H,7,9-11H2. The van der Waals surface area contributed by atoms with Crippen LogP contribution in [0.15, 0.2) is 42.6 Å². The Bertz CT molecular complexity index is 471. The predicted octanol–water partition coefficient (Wildman–Crippen LogP) is 2.18. The van der Waals surface area contributed by atoms with Crippen LogP contribution in [0.1, 0.15) is 16.8 Å². The van der Waals surface area contributed by atoms with Gasteiger partial charge in [0.2, 0.25) is 0 Å². The van der Waals surface area contributed by atoms with E-state index >= 15 is 0 Å². The van der Waals surface area contributed by atoms with Crippen LogP contribution in [0.2, 0.25) is 0 Å². The lowest BCUT2D eigenvalue weighted by molar-refractivity contribution is 0.514. The molecule has 1 aliphatic heterocycles. The number of nitrogens with zero attached hydrogens (tertiary/aromatic N) is 1. The van der Waals surface area contributed by atoms with E-state index in [0.717, 1.165) is 26.1 Å². The highest BCUT2D eigenvalue weighted by molar-refractivity contribution is 5.30. The number of rotatable bonds is 2. The molecule has 0 spiro atoms. The molecule has 2 heteroatoms. The third-order valence-corrected chi connectivity index (χ3v) is 3.23. The van der Waals surface area contributed by atoms with Crippen molar-refractivity contribution in [3.05, 3.63) is 59.4 Å². The Morgan fingerprint density at radius 3 is 2.88 bits per heavy atom. The first-order chi connectivity index (χ1) is 7.93. The summed E-state index contributed by atoms with van der Waals surface area (Å²) in [6.07, 6.45) is 3.26. The van der Waals surface area contributed by atoms with Crippen LogP contribution in [0.4, 0.5) is 0 Å². The quantitative estimate of drug-likeness (QED) is 0.807. The van der Waals surface area contributed by atoms with Gasteiger partial charge in [0.05, 0.1) is 0 Å². The second-order valence-corrected chi connectivity index (χ2v) is 4.32. The summed E-state index contributed by atoms with van der Waals surface area (Å²) in [5, 5.41) is 3.43. The van der Waals surface area contributed by atoms with Crippen LogP contribution >= 0.6 is 0 Å². The van der Waals surface area contributed by atoms with Gasteiger partial charge in [-0.15, -0.1) is 0 Å².